The molecule has 4 atom stereocenters. The van der Waals surface area contributed by atoms with Crippen molar-refractivity contribution in [3.63, 3.8) is 0 Å². The fraction of sp³-hybridized carbons (Fsp3) is 0.957. The van der Waals surface area contributed by atoms with Crippen LogP contribution in [0.1, 0.15) is 233 Å². The highest BCUT2D eigenvalue weighted by atomic mass is 16.5. The van der Waals surface area contributed by atoms with Crippen LogP contribution >= 0.6 is 0 Å². The molecule has 8 heteroatoms. The Balaban J connectivity index is 4.54. The Bertz CT molecular complexity index is 827. The largest absolute Gasteiger partial charge is 0.465 e. The lowest BCUT2D eigenvalue weighted by Crippen LogP contribution is -2.39. The highest BCUT2D eigenvalue weighted by molar-refractivity contribution is 5.72. The molecule has 0 aliphatic carbocycles. The topological polar surface area (TPSA) is 117 Å². The zero-order valence-electron chi connectivity index (χ0n) is 36.9. The van der Waals surface area contributed by atoms with Crippen molar-refractivity contribution in [3.8, 4) is 0 Å². The van der Waals surface area contributed by atoms with Gasteiger partial charge in [-0.2, -0.15) is 0 Å². The molecule has 328 valence electrons. The van der Waals surface area contributed by atoms with Crippen LogP contribution in [-0.2, 0) is 19.1 Å². The summed E-state index contributed by atoms with van der Waals surface area (Å²) in [7, 11) is 0. The van der Waals surface area contributed by atoms with Crippen LogP contribution in [0.4, 0.5) is 0 Å². The number of ether oxygens (including phenoxy) is 2. The minimum absolute atomic E-state index is 0.00568. The van der Waals surface area contributed by atoms with Crippen molar-refractivity contribution >= 4 is 11.9 Å². The molecule has 0 aliphatic rings. The van der Waals surface area contributed by atoms with E-state index >= 15 is 0 Å². The first kappa shape index (κ1) is 53.8. The van der Waals surface area contributed by atoms with Gasteiger partial charge in [0, 0.05) is 32.7 Å². The van der Waals surface area contributed by atoms with Crippen LogP contribution in [0.15, 0.2) is 0 Å². The summed E-state index contributed by atoms with van der Waals surface area (Å²) in [5.74, 6) is -0.151. The van der Waals surface area contributed by atoms with Gasteiger partial charge in [-0.15, -0.1) is 0 Å². The lowest BCUT2D eigenvalue weighted by atomic mass is 9.94. The summed E-state index contributed by atoms with van der Waals surface area (Å²) in [5.41, 5.74) is 0. The smallest absolute Gasteiger partial charge is 0.308 e. The molecule has 55 heavy (non-hydrogen) atoms. The molecule has 3 N–H and O–H groups in total. The zero-order valence-corrected chi connectivity index (χ0v) is 36.9. The number of rotatable bonds is 43. The summed E-state index contributed by atoms with van der Waals surface area (Å²) >= 11 is 0. The third kappa shape index (κ3) is 35.7. The number of carbonyl (C=O) groups is 2. The number of esters is 2. The fourth-order valence-electron chi connectivity index (χ4n) is 7.58. The van der Waals surface area contributed by atoms with E-state index in [0.717, 1.165) is 70.6 Å². The Labute approximate surface area is 340 Å². The van der Waals surface area contributed by atoms with Crippen LogP contribution < -0.4 is 0 Å². The van der Waals surface area contributed by atoms with Gasteiger partial charge in [-0.3, -0.25) is 14.5 Å². The van der Waals surface area contributed by atoms with E-state index in [1.54, 1.807) is 0 Å². The molecule has 0 heterocycles. The zero-order chi connectivity index (χ0) is 40.6. The van der Waals surface area contributed by atoms with E-state index < -0.39 is 12.2 Å². The fourth-order valence-corrected chi connectivity index (χ4v) is 7.58. The Morgan fingerprint density at radius 1 is 0.509 bits per heavy atom. The van der Waals surface area contributed by atoms with Crippen molar-refractivity contribution in [2.45, 2.75) is 251 Å². The van der Waals surface area contributed by atoms with E-state index in [-0.39, 0.29) is 30.6 Å². The molecule has 4 unspecified atom stereocenters. The quantitative estimate of drug-likeness (QED) is 0.0413. The first-order valence-corrected chi connectivity index (χ1v) is 23.9. The second-order valence-corrected chi connectivity index (χ2v) is 16.7. The van der Waals surface area contributed by atoms with E-state index in [9.17, 15) is 24.9 Å². The van der Waals surface area contributed by atoms with Crippen LogP contribution in [0.5, 0.6) is 0 Å². The van der Waals surface area contributed by atoms with Crippen molar-refractivity contribution in [1.29, 1.82) is 0 Å². The van der Waals surface area contributed by atoms with Crippen LogP contribution in [0.25, 0.3) is 0 Å². The summed E-state index contributed by atoms with van der Waals surface area (Å²) in [6, 6.07) is 0. The van der Waals surface area contributed by atoms with Crippen molar-refractivity contribution in [3.05, 3.63) is 0 Å². The molecule has 0 rings (SSSR count). The Hall–Kier alpha value is -1.22. The van der Waals surface area contributed by atoms with Crippen LogP contribution in [-0.4, -0.2) is 83.3 Å². The minimum Gasteiger partial charge on any atom is -0.465 e. The molecule has 0 bridgehead atoms. The Kier molecular flexibility index (Phi) is 40.0. The molecular formula is C47H93NO7. The summed E-state index contributed by atoms with van der Waals surface area (Å²) < 4.78 is 11.7. The lowest BCUT2D eigenvalue weighted by Gasteiger charge is -2.27. The van der Waals surface area contributed by atoms with Crippen LogP contribution in [0.2, 0.25) is 0 Å². The first-order valence-electron chi connectivity index (χ1n) is 23.9. The van der Waals surface area contributed by atoms with Gasteiger partial charge in [-0.25, -0.2) is 0 Å². The molecule has 0 aromatic carbocycles. The van der Waals surface area contributed by atoms with Gasteiger partial charge in [0.15, 0.2) is 0 Å². The molecule has 0 aromatic rings. The molecule has 0 saturated carbocycles. The van der Waals surface area contributed by atoms with E-state index in [1.165, 1.54) is 103 Å². The van der Waals surface area contributed by atoms with Gasteiger partial charge in [0.2, 0.25) is 0 Å². The van der Waals surface area contributed by atoms with Gasteiger partial charge in [0.05, 0.1) is 24.7 Å². The second kappa shape index (κ2) is 41.0. The van der Waals surface area contributed by atoms with Crippen molar-refractivity contribution < 1.29 is 34.4 Å². The molecular weight excluding hydrogens is 691 g/mol. The molecule has 0 fully saturated rings. The summed E-state index contributed by atoms with van der Waals surface area (Å²) in [6.07, 6.45) is 32.0. The van der Waals surface area contributed by atoms with Crippen molar-refractivity contribution in [2.75, 3.05) is 32.8 Å². The SMILES string of the molecule is CCCCCCCCC(CCCCCC)OC(=O)CCCCC(O)CN(CCCO)CC(O)CCCCOC(=O)C(CCCCCC)CCCCCCCC. The van der Waals surface area contributed by atoms with Crippen LogP contribution in [0, 0.1) is 5.92 Å². The summed E-state index contributed by atoms with van der Waals surface area (Å²) in [5, 5.41) is 31.1. The number of unbranched alkanes of at least 4 members (excludes halogenated alkanes) is 18. The molecule has 0 spiro atoms. The maximum Gasteiger partial charge on any atom is 0.308 e. The van der Waals surface area contributed by atoms with Crippen molar-refractivity contribution in [2.24, 2.45) is 5.92 Å². The third-order valence-corrected chi connectivity index (χ3v) is 11.1. The predicted molar refractivity (Wildman–Crippen MR) is 230 cm³/mol. The Morgan fingerprint density at radius 2 is 0.927 bits per heavy atom. The van der Waals surface area contributed by atoms with Gasteiger partial charge in [-0.1, -0.05) is 150 Å². The molecule has 0 aliphatic heterocycles. The second-order valence-electron chi connectivity index (χ2n) is 16.7. The van der Waals surface area contributed by atoms with Gasteiger partial charge in [-0.05, 0) is 77.0 Å². The normalized spacial score (nSPS) is 13.9. The van der Waals surface area contributed by atoms with Crippen molar-refractivity contribution in [1.82, 2.24) is 4.90 Å². The van der Waals surface area contributed by atoms with Gasteiger partial charge < -0.3 is 24.8 Å². The maximum atomic E-state index is 13.0. The van der Waals surface area contributed by atoms with Crippen LogP contribution in [0.3, 0.4) is 0 Å². The number of hydrogen-bond donors (Lipinski definition) is 3. The predicted octanol–water partition coefficient (Wildman–Crippen LogP) is 11.6. The Morgan fingerprint density at radius 3 is 1.42 bits per heavy atom. The number of hydrogen-bond acceptors (Lipinski definition) is 8. The molecule has 0 radical (unpaired) electrons. The average molecular weight is 784 g/mol. The van der Waals surface area contributed by atoms with E-state index in [2.05, 4.69) is 27.7 Å². The summed E-state index contributed by atoms with van der Waals surface area (Å²) in [6.45, 7) is 10.8. The standard InChI is InChI=1S/C47H93NO7/c1-5-9-13-17-19-22-31-42(30-21-15-11-7-3)47(53)54-39-28-27-33-44(51)41-48(37-29-38-49)40-43(50)32-25-26-36-46(52)55-45(34-23-16-12-8-4)35-24-20-18-14-10-6-2/h42-45,49-51H,5-41H2,1-4H3. The average Bonchev–Trinajstić information content (AvgIpc) is 3.17. The number of aliphatic hydroxyl groups is 3. The lowest BCUT2D eigenvalue weighted by molar-refractivity contribution is -0.150. The van der Waals surface area contributed by atoms with Gasteiger partial charge in [0.25, 0.3) is 0 Å². The number of aliphatic hydroxyl groups excluding tert-OH is 3. The molecule has 0 amide bonds. The maximum absolute atomic E-state index is 13.0. The molecule has 0 aromatic heterocycles. The summed E-state index contributed by atoms with van der Waals surface area (Å²) in [4.78, 5) is 27.7. The minimum atomic E-state index is -0.563. The van der Waals surface area contributed by atoms with Gasteiger partial charge in [0.1, 0.15) is 6.10 Å². The van der Waals surface area contributed by atoms with E-state index in [1.807, 2.05) is 4.90 Å². The number of carbonyl (C=O) groups excluding carboxylic acids is 2. The number of nitrogens with zero attached hydrogens (tertiary/aromatic N) is 1. The first-order chi connectivity index (χ1) is 26.8. The molecule has 0 saturated heterocycles. The highest BCUT2D eigenvalue weighted by Gasteiger charge is 2.20. The van der Waals surface area contributed by atoms with Gasteiger partial charge >= 0.3 is 11.9 Å². The molecule has 8 nitrogen and oxygen atoms in total. The highest BCUT2D eigenvalue weighted by Crippen LogP contribution is 2.21. The van der Waals surface area contributed by atoms with E-state index in [4.69, 9.17) is 9.47 Å². The third-order valence-electron chi connectivity index (χ3n) is 11.1. The van der Waals surface area contributed by atoms with E-state index in [0.29, 0.717) is 58.3 Å². The monoisotopic (exact) mass is 784 g/mol.